The van der Waals surface area contributed by atoms with Gasteiger partial charge >= 0.3 is 0 Å². The number of rotatable bonds is 6. The van der Waals surface area contributed by atoms with Crippen LogP contribution in [0.1, 0.15) is 40.5 Å². The summed E-state index contributed by atoms with van der Waals surface area (Å²) in [6, 6.07) is 21.4. The standard InChI is InChI=1S/C23H31NO2Si/c1-19(24-17-11-16-22(24)25)18-26-27(23(2,3)4,20-12-7-5-8-13-20)21-14-9-6-10-15-21/h5-10,12-15,19H,11,16-18H2,1-4H3. The zero-order valence-electron chi connectivity index (χ0n) is 16.9. The van der Waals surface area contributed by atoms with Gasteiger partial charge in [0, 0.05) is 13.0 Å². The van der Waals surface area contributed by atoms with Gasteiger partial charge in [-0.3, -0.25) is 4.79 Å². The summed E-state index contributed by atoms with van der Waals surface area (Å²) in [6.45, 7) is 10.4. The van der Waals surface area contributed by atoms with Gasteiger partial charge in [0.25, 0.3) is 8.32 Å². The Morgan fingerprint density at radius 2 is 1.52 bits per heavy atom. The third-order valence-electron chi connectivity index (χ3n) is 5.60. The van der Waals surface area contributed by atoms with Crippen LogP contribution in [0, 0.1) is 0 Å². The van der Waals surface area contributed by atoms with E-state index in [4.69, 9.17) is 4.43 Å². The van der Waals surface area contributed by atoms with E-state index >= 15 is 0 Å². The number of carbonyl (C=O) groups is 1. The predicted molar refractivity (Wildman–Crippen MR) is 114 cm³/mol. The van der Waals surface area contributed by atoms with Crippen LogP contribution in [0.4, 0.5) is 0 Å². The van der Waals surface area contributed by atoms with E-state index in [0.29, 0.717) is 13.0 Å². The highest BCUT2D eigenvalue weighted by Gasteiger charge is 2.50. The van der Waals surface area contributed by atoms with Gasteiger partial charge in [-0.2, -0.15) is 0 Å². The fraction of sp³-hybridized carbons (Fsp3) is 0.435. The molecule has 0 N–H and O–H groups in total. The molecule has 144 valence electrons. The first-order valence-electron chi connectivity index (χ1n) is 9.91. The van der Waals surface area contributed by atoms with Crippen molar-refractivity contribution in [2.24, 2.45) is 0 Å². The molecule has 1 fully saturated rings. The van der Waals surface area contributed by atoms with Crippen LogP contribution in [0.15, 0.2) is 60.7 Å². The first-order valence-corrected chi connectivity index (χ1v) is 11.8. The molecule has 0 radical (unpaired) electrons. The molecule has 4 heteroatoms. The van der Waals surface area contributed by atoms with Crippen molar-refractivity contribution in [3.8, 4) is 0 Å². The highest BCUT2D eigenvalue weighted by molar-refractivity contribution is 6.99. The molecule has 0 aromatic heterocycles. The minimum absolute atomic E-state index is 0.0373. The highest BCUT2D eigenvalue weighted by Crippen LogP contribution is 2.37. The summed E-state index contributed by atoms with van der Waals surface area (Å²) in [6.07, 6.45) is 1.63. The quantitative estimate of drug-likeness (QED) is 0.716. The molecule has 2 aromatic rings. The van der Waals surface area contributed by atoms with Crippen molar-refractivity contribution in [1.82, 2.24) is 4.90 Å². The average Bonchev–Trinajstić information content (AvgIpc) is 3.09. The molecule has 27 heavy (non-hydrogen) atoms. The lowest BCUT2D eigenvalue weighted by molar-refractivity contribution is -0.129. The Bertz CT molecular complexity index is 715. The van der Waals surface area contributed by atoms with Crippen LogP contribution in [0.3, 0.4) is 0 Å². The van der Waals surface area contributed by atoms with Crippen LogP contribution in [-0.2, 0) is 9.22 Å². The molecule has 0 aliphatic carbocycles. The number of likely N-dealkylation sites (tertiary alicyclic amines) is 1. The van der Waals surface area contributed by atoms with Crippen molar-refractivity contribution >= 4 is 24.6 Å². The maximum absolute atomic E-state index is 12.2. The first kappa shape index (κ1) is 19.8. The van der Waals surface area contributed by atoms with Crippen LogP contribution in [-0.4, -0.2) is 38.3 Å². The Morgan fingerprint density at radius 1 is 1.00 bits per heavy atom. The summed E-state index contributed by atoms with van der Waals surface area (Å²) in [5.41, 5.74) is 0. The van der Waals surface area contributed by atoms with Crippen molar-refractivity contribution in [1.29, 1.82) is 0 Å². The molecule has 3 rings (SSSR count). The van der Waals surface area contributed by atoms with Crippen molar-refractivity contribution < 1.29 is 9.22 Å². The second kappa shape index (κ2) is 7.99. The third-order valence-corrected chi connectivity index (χ3v) is 10.6. The second-order valence-electron chi connectivity index (χ2n) is 8.51. The molecular weight excluding hydrogens is 350 g/mol. The molecule has 3 nitrogen and oxygen atoms in total. The van der Waals surface area contributed by atoms with Crippen LogP contribution >= 0.6 is 0 Å². The Hall–Kier alpha value is -1.91. The van der Waals surface area contributed by atoms with E-state index in [0.717, 1.165) is 13.0 Å². The zero-order chi connectivity index (χ0) is 19.5. The van der Waals surface area contributed by atoms with Crippen LogP contribution in [0.5, 0.6) is 0 Å². The van der Waals surface area contributed by atoms with Crippen LogP contribution in [0.2, 0.25) is 5.04 Å². The molecule has 1 aliphatic rings. The molecule has 1 heterocycles. The maximum atomic E-state index is 12.2. The van der Waals surface area contributed by atoms with Crippen LogP contribution < -0.4 is 10.4 Å². The molecule has 1 atom stereocenters. The largest absolute Gasteiger partial charge is 0.405 e. The normalized spacial score (nSPS) is 16.6. The van der Waals surface area contributed by atoms with E-state index in [9.17, 15) is 4.79 Å². The van der Waals surface area contributed by atoms with E-state index in [2.05, 4.69) is 88.4 Å². The van der Waals surface area contributed by atoms with E-state index in [1.807, 2.05) is 4.90 Å². The summed E-state index contributed by atoms with van der Waals surface area (Å²) in [5.74, 6) is 0.258. The third kappa shape index (κ3) is 3.87. The topological polar surface area (TPSA) is 29.5 Å². The Balaban J connectivity index is 2.00. The lowest BCUT2D eigenvalue weighted by atomic mass is 10.2. The van der Waals surface area contributed by atoms with Gasteiger partial charge < -0.3 is 9.33 Å². The summed E-state index contributed by atoms with van der Waals surface area (Å²) in [4.78, 5) is 14.1. The SMILES string of the molecule is CC(CO[Si](c1ccccc1)(c1ccccc1)C(C)(C)C)N1CCCC1=O. The van der Waals surface area contributed by atoms with Gasteiger partial charge in [0.2, 0.25) is 5.91 Å². The molecule has 0 bridgehead atoms. The van der Waals surface area contributed by atoms with Gasteiger partial charge in [0.15, 0.2) is 0 Å². The minimum Gasteiger partial charge on any atom is -0.405 e. The molecule has 1 saturated heterocycles. The van der Waals surface area contributed by atoms with E-state index in [1.54, 1.807) is 0 Å². The lowest BCUT2D eigenvalue weighted by Crippen LogP contribution is -2.67. The molecule has 1 unspecified atom stereocenters. The minimum atomic E-state index is -2.52. The number of hydrogen-bond acceptors (Lipinski definition) is 2. The number of benzene rings is 2. The lowest BCUT2D eigenvalue weighted by Gasteiger charge is -2.44. The molecule has 1 amide bonds. The number of carbonyl (C=O) groups excluding carboxylic acids is 1. The average molecular weight is 382 g/mol. The van der Waals surface area contributed by atoms with E-state index in [1.165, 1.54) is 10.4 Å². The van der Waals surface area contributed by atoms with Gasteiger partial charge in [-0.1, -0.05) is 81.4 Å². The Labute approximate surface area is 164 Å². The van der Waals surface area contributed by atoms with Gasteiger partial charge in [-0.25, -0.2) is 0 Å². The van der Waals surface area contributed by atoms with Crippen LogP contribution in [0.25, 0.3) is 0 Å². The van der Waals surface area contributed by atoms with Crippen molar-refractivity contribution in [2.45, 2.75) is 51.6 Å². The van der Waals surface area contributed by atoms with Crippen molar-refractivity contribution in [2.75, 3.05) is 13.2 Å². The van der Waals surface area contributed by atoms with E-state index < -0.39 is 8.32 Å². The molecule has 1 aliphatic heterocycles. The van der Waals surface area contributed by atoms with E-state index in [-0.39, 0.29) is 17.0 Å². The summed E-state index contributed by atoms with van der Waals surface area (Å²) in [5, 5.41) is 2.53. The molecule has 0 saturated carbocycles. The fourth-order valence-corrected chi connectivity index (χ4v) is 8.88. The molecular formula is C23H31NO2Si. The van der Waals surface area contributed by atoms with Gasteiger partial charge in [0.1, 0.15) is 0 Å². The number of hydrogen-bond donors (Lipinski definition) is 0. The smallest absolute Gasteiger partial charge is 0.261 e. The highest BCUT2D eigenvalue weighted by atomic mass is 28.4. The predicted octanol–water partition coefficient (Wildman–Crippen LogP) is 3.57. The summed E-state index contributed by atoms with van der Waals surface area (Å²) in [7, 11) is -2.52. The summed E-state index contributed by atoms with van der Waals surface area (Å²) < 4.78 is 6.93. The monoisotopic (exact) mass is 381 g/mol. The van der Waals surface area contributed by atoms with Gasteiger partial charge in [-0.05, 0) is 28.8 Å². The zero-order valence-corrected chi connectivity index (χ0v) is 17.9. The van der Waals surface area contributed by atoms with Crippen molar-refractivity contribution in [3.63, 3.8) is 0 Å². The van der Waals surface area contributed by atoms with Gasteiger partial charge in [0.05, 0.1) is 12.6 Å². The Kier molecular flexibility index (Phi) is 5.87. The maximum Gasteiger partial charge on any atom is 0.261 e. The number of nitrogens with zero attached hydrogens (tertiary/aromatic N) is 1. The number of amides is 1. The second-order valence-corrected chi connectivity index (χ2v) is 12.8. The summed E-state index contributed by atoms with van der Waals surface area (Å²) >= 11 is 0. The van der Waals surface area contributed by atoms with Crippen molar-refractivity contribution in [3.05, 3.63) is 60.7 Å². The Morgan fingerprint density at radius 3 is 1.93 bits per heavy atom. The molecule has 2 aromatic carbocycles. The first-order chi connectivity index (χ1) is 12.9. The molecule has 0 spiro atoms. The fourth-order valence-electron chi connectivity index (χ4n) is 4.23. The van der Waals surface area contributed by atoms with Gasteiger partial charge in [-0.15, -0.1) is 0 Å².